The van der Waals surface area contributed by atoms with E-state index in [0.717, 1.165) is 43.5 Å². The molecule has 0 radical (unpaired) electrons. The van der Waals surface area contributed by atoms with Crippen LogP contribution in [0.25, 0.3) is 11.0 Å². The zero-order chi connectivity index (χ0) is 13.9. The van der Waals surface area contributed by atoms with Crippen LogP contribution in [0.3, 0.4) is 0 Å². The zero-order valence-electron chi connectivity index (χ0n) is 11.7. The predicted octanol–water partition coefficient (Wildman–Crippen LogP) is 1.99. The normalized spacial score (nSPS) is 16.4. The van der Waals surface area contributed by atoms with Crippen molar-refractivity contribution in [3.63, 3.8) is 0 Å². The van der Waals surface area contributed by atoms with Gasteiger partial charge in [0.25, 0.3) is 0 Å². The molecule has 1 fully saturated rings. The van der Waals surface area contributed by atoms with E-state index in [1.165, 1.54) is 0 Å². The summed E-state index contributed by atoms with van der Waals surface area (Å²) in [6.07, 6.45) is 1.80. The van der Waals surface area contributed by atoms with E-state index < -0.39 is 0 Å². The topological polar surface area (TPSA) is 59.0 Å². The number of para-hydroxylation sites is 2. The van der Waals surface area contributed by atoms with Crippen molar-refractivity contribution in [1.29, 1.82) is 0 Å². The van der Waals surface area contributed by atoms with Gasteiger partial charge in [-0.2, -0.15) is 0 Å². The number of fused-ring (bicyclic) bond motifs is 1. The monoisotopic (exact) mass is 272 g/mol. The van der Waals surface area contributed by atoms with Gasteiger partial charge in [-0.1, -0.05) is 12.1 Å². The number of anilines is 1. The fourth-order valence-electron chi connectivity index (χ4n) is 2.79. The average Bonchev–Trinajstić information content (AvgIpc) is 2.85. The van der Waals surface area contributed by atoms with Gasteiger partial charge in [0.15, 0.2) is 0 Å². The summed E-state index contributed by atoms with van der Waals surface area (Å²) in [6, 6.07) is 7.97. The first-order chi connectivity index (χ1) is 9.79. The minimum absolute atomic E-state index is 0.0940. The van der Waals surface area contributed by atoms with Crippen LogP contribution in [-0.4, -0.2) is 28.5 Å². The fraction of sp³-hybridized carbons (Fsp3) is 0.467. The first kappa shape index (κ1) is 13.1. The fourth-order valence-corrected chi connectivity index (χ4v) is 2.79. The van der Waals surface area contributed by atoms with E-state index >= 15 is 0 Å². The number of aromatic nitrogens is 2. The van der Waals surface area contributed by atoms with Crippen LogP contribution in [0.1, 0.15) is 19.8 Å². The van der Waals surface area contributed by atoms with Crippen LogP contribution in [0, 0.1) is 5.92 Å². The Morgan fingerprint density at radius 2 is 2.15 bits per heavy atom. The van der Waals surface area contributed by atoms with Gasteiger partial charge in [-0.3, -0.25) is 10.1 Å². The van der Waals surface area contributed by atoms with Crippen molar-refractivity contribution in [3.05, 3.63) is 24.3 Å². The molecule has 1 aromatic heterocycles. The highest BCUT2D eigenvalue weighted by Gasteiger charge is 2.22. The van der Waals surface area contributed by atoms with E-state index in [2.05, 4.69) is 22.5 Å². The third kappa shape index (κ3) is 2.41. The molecule has 0 spiro atoms. The van der Waals surface area contributed by atoms with E-state index in [1.54, 1.807) is 0 Å². The van der Waals surface area contributed by atoms with Crippen LogP contribution >= 0.6 is 0 Å². The van der Waals surface area contributed by atoms with E-state index in [9.17, 15) is 4.79 Å². The molecule has 0 bridgehead atoms. The highest BCUT2D eigenvalue weighted by atomic mass is 16.2. The molecule has 5 nitrogen and oxygen atoms in total. The molecule has 1 saturated heterocycles. The molecule has 0 unspecified atom stereocenters. The third-order valence-corrected chi connectivity index (χ3v) is 3.92. The van der Waals surface area contributed by atoms with Gasteiger partial charge in [0, 0.05) is 12.5 Å². The van der Waals surface area contributed by atoms with Gasteiger partial charge in [0.1, 0.15) is 0 Å². The number of nitrogens with one attached hydrogen (secondary N) is 2. The lowest BCUT2D eigenvalue weighted by atomic mass is 9.97. The molecule has 1 aromatic carbocycles. The SMILES string of the molecule is CCn1c(NC(=O)C2CCNCC2)nc2ccccc21. The average molecular weight is 272 g/mol. The maximum absolute atomic E-state index is 12.3. The number of amides is 1. The predicted molar refractivity (Wildman–Crippen MR) is 79.6 cm³/mol. The Morgan fingerprint density at radius 1 is 1.40 bits per heavy atom. The van der Waals surface area contributed by atoms with Crippen molar-refractivity contribution in [2.75, 3.05) is 18.4 Å². The largest absolute Gasteiger partial charge is 0.317 e. The molecule has 0 saturated carbocycles. The number of aryl methyl sites for hydroxylation is 1. The van der Waals surface area contributed by atoms with Gasteiger partial charge < -0.3 is 9.88 Å². The van der Waals surface area contributed by atoms with Crippen molar-refractivity contribution in [2.45, 2.75) is 26.3 Å². The Balaban J connectivity index is 1.84. The Hall–Kier alpha value is -1.88. The van der Waals surface area contributed by atoms with Gasteiger partial charge in [-0.15, -0.1) is 0 Å². The molecule has 1 aliphatic rings. The molecule has 0 atom stereocenters. The van der Waals surface area contributed by atoms with Gasteiger partial charge in [0.05, 0.1) is 11.0 Å². The van der Waals surface area contributed by atoms with Gasteiger partial charge in [0.2, 0.25) is 11.9 Å². The molecule has 106 valence electrons. The molecular weight excluding hydrogens is 252 g/mol. The summed E-state index contributed by atoms with van der Waals surface area (Å²) < 4.78 is 2.05. The summed E-state index contributed by atoms with van der Waals surface area (Å²) in [5.74, 6) is 0.857. The van der Waals surface area contributed by atoms with E-state index in [0.29, 0.717) is 5.95 Å². The summed E-state index contributed by atoms with van der Waals surface area (Å²) >= 11 is 0. The smallest absolute Gasteiger partial charge is 0.229 e. The van der Waals surface area contributed by atoms with Crippen molar-refractivity contribution in [3.8, 4) is 0 Å². The highest BCUT2D eigenvalue weighted by molar-refractivity contribution is 5.93. The van der Waals surface area contributed by atoms with E-state index in [4.69, 9.17) is 0 Å². The number of hydrogen-bond acceptors (Lipinski definition) is 3. The second-order valence-electron chi connectivity index (χ2n) is 5.18. The number of hydrogen-bond donors (Lipinski definition) is 2. The van der Waals surface area contributed by atoms with Gasteiger partial charge >= 0.3 is 0 Å². The molecule has 2 heterocycles. The van der Waals surface area contributed by atoms with Crippen molar-refractivity contribution >= 4 is 22.9 Å². The van der Waals surface area contributed by atoms with Crippen molar-refractivity contribution in [2.24, 2.45) is 5.92 Å². The Bertz CT molecular complexity index is 613. The minimum atomic E-state index is 0.0940. The molecule has 3 rings (SSSR count). The molecule has 2 aromatic rings. The van der Waals surface area contributed by atoms with Crippen LogP contribution < -0.4 is 10.6 Å². The quantitative estimate of drug-likeness (QED) is 0.898. The number of carbonyl (C=O) groups excluding carboxylic acids is 1. The Kier molecular flexibility index (Phi) is 3.69. The van der Waals surface area contributed by atoms with Crippen molar-refractivity contribution in [1.82, 2.24) is 14.9 Å². The second kappa shape index (κ2) is 5.63. The van der Waals surface area contributed by atoms with Gasteiger partial charge in [-0.05, 0) is 45.0 Å². The van der Waals surface area contributed by atoms with Gasteiger partial charge in [-0.25, -0.2) is 4.98 Å². The number of rotatable bonds is 3. The third-order valence-electron chi connectivity index (χ3n) is 3.92. The molecule has 1 amide bonds. The number of imidazole rings is 1. The first-order valence-electron chi connectivity index (χ1n) is 7.26. The molecule has 0 aliphatic carbocycles. The summed E-state index contributed by atoms with van der Waals surface area (Å²) in [7, 11) is 0. The lowest BCUT2D eigenvalue weighted by Gasteiger charge is -2.21. The van der Waals surface area contributed by atoms with Crippen LogP contribution in [0.2, 0.25) is 0 Å². The maximum atomic E-state index is 12.3. The number of carbonyl (C=O) groups is 1. The molecule has 5 heteroatoms. The highest BCUT2D eigenvalue weighted by Crippen LogP contribution is 2.21. The summed E-state index contributed by atoms with van der Waals surface area (Å²) in [5, 5.41) is 6.28. The summed E-state index contributed by atoms with van der Waals surface area (Å²) in [6.45, 7) is 4.70. The van der Waals surface area contributed by atoms with E-state index in [1.807, 2.05) is 28.8 Å². The number of benzene rings is 1. The molecular formula is C15H20N4O. The molecule has 20 heavy (non-hydrogen) atoms. The van der Waals surface area contributed by atoms with Crippen LogP contribution in [0.4, 0.5) is 5.95 Å². The zero-order valence-corrected chi connectivity index (χ0v) is 11.7. The lowest BCUT2D eigenvalue weighted by molar-refractivity contribution is -0.120. The van der Waals surface area contributed by atoms with Crippen LogP contribution in [-0.2, 0) is 11.3 Å². The lowest BCUT2D eigenvalue weighted by Crippen LogP contribution is -2.35. The minimum Gasteiger partial charge on any atom is -0.317 e. The first-order valence-corrected chi connectivity index (χ1v) is 7.26. The number of nitrogens with zero attached hydrogens (tertiary/aromatic N) is 2. The molecule has 2 N–H and O–H groups in total. The van der Waals surface area contributed by atoms with Crippen molar-refractivity contribution < 1.29 is 4.79 Å². The summed E-state index contributed by atoms with van der Waals surface area (Å²) in [5.41, 5.74) is 1.99. The number of piperidine rings is 1. The molecule has 1 aliphatic heterocycles. The van der Waals surface area contributed by atoms with Crippen LogP contribution in [0.15, 0.2) is 24.3 Å². The standard InChI is InChI=1S/C15H20N4O/c1-2-19-13-6-4-3-5-12(13)17-15(19)18-14(20)11-7-9-16-10-8-11/h3-6,11,16H,2,7-10H2,1H3,(H,17,18,20). The maximum Gasteiger partial charge on any atom is 0.229 e. The Labute approximate surface area is 118 Å². The Morgan fingerprint density at radius 3 is 2.90 bits per heavy atom. The van der Waals surface area contributed by atoms with E-state index in [-0.39, 0.29) is 11.8 Å². The second-order valence-corrected chi connectivity index (χ2v) is 5.18. The summed E-state index contributed by atoms with van der Waals surface area (Å²) in [4.78, 5) is 16.9. The van der Waals surface area contributed by atoms with Crippen LogP contribution in [0.5, 0.6) is 0 Å².